The summed E-state index contributed by atoms with van der Waals surface area (Å²) in [6.45, 7) is 4.98. The quantitative estimate of drug-likeness (QED) is 0.224. The SMILES string of the molecule is CCCOc1ccc(/C=C2\C(=O)NC(=O)N(c3ccc(OCc4ccc(Cl)cc4Cl)cc3)C2=O)cc1OCC. The summed E-state index contributed by atoms with van der Waals surface area (Å²) in [6, 6.07) is 15.7. The molecular formula is C29H26Cl2N2O6. The van der Waals surface area contributed by atoms with E-state index in [0.717, 1.165) is 16.9 Å². The monoisotopic (exact) mass is 568 g/mol. The van der Waals surface area contributed by atoms with Gasteiger partial charge in [0.1, 0.15) is 17.9 Å². The number of hydrogen-bond acceptors (Lipinski definition) is 6. The molecule has 39 heavy (non-hydrogen) atoms. The summed E-state index contributed by atoms with van der Waals surface area (Å²) in [5.41, 5.74) is 1.37. The van der Waals surface area contributed by atoms with Gasteiger partial charge in [0.2, 0.25) is 0 Å². The summed E-state index contributed by atoms with van der Waals surface area (Å²) in [5.74, 6) is 0.0142. The number of ether oxygens (including phenoxy) is 3. The van der Waals surface area contributed by atoms with Crippen LogP contribution in [0.15, 0.2) is 66.2 Å². The van der Waals surface area contributed by atoms with Crippen LogP contribution >= 0.6 is 23.2 Å². The zero-order valence-corrected chi connectivity index (χ0v) is 22.8. The number of benzene rings is 3. The minimum absolute atomic E-state index is 0.197. The Kier molecular flexibility index (Phi) is 9.11. The lowest BCUT2D eigenvalue weighted by molar-refractivity contribution is -0.122. The van der Waals surface area contributed by atoms with Gasteiger partial charge in [-0.3, -0.25) is 14.9 Å². The van der Waals surface area contributed by atoms with E-state index in [4.69, 9.17) is 37.4 Å². The first-order chi connectivity index (χ1) is 18.8. The molecular weight excluding hydrogens is 543 g/mol. The Bertz CT molecular complexity index is 1420. The number of barbiturate groups is 1. The fraction of sp³-hybridized carbons (Fsp3) is 0.207. The van der Waals surface area contributed by atoms with Crippen molar-refractivity contribution in [1.82, 2.24) is 5.32 Å². The van der Waals surface area contributed by atoms with Crippen LogP contribution in [0, 0.1) is 0 Å². The molecule has 0 aliphatic carbocycles. The zero-order chi connectivity index (χ0) is 27.9. The molecule has 1 saturated heterocycles. The molecule has 1 fully saturated rings. The molecule has 1 N–H and O–H groups in total. The number of nitrogens with one attached hydrogen (secondary N) is 1. The highest BCUT2D eigenvalue weighted by molar-refractivity contribution is 6.39. The van der Waals surface area contributed by atoms with Crippen molar-refractivity contribution in [2.45, 2.75) is 26.9 Å². The molecule has 3 aromatic carbocycles. The van der Waals surface area contributed by atoms with E-state index in [0.29, 0.717) is 46.1 Å². The second-order valence-electron chi connectivity index (χ2n) is 8.46. The topological polar surface area (TPSA) is 94.2 Å². The minimum Gasteiger partial charge on any atom is -0.490 e. The Labute approximate surface area is 236 Å². The number of halogens is 2. The average molecular weight is 569 g/mol. The van der Waals surface area contributed by atoms with Gasteiger partial charge in [-0.15, -0.1) is 0 Å². The Morgan fingerprint density at radius 1 is 0.872 bits per heavy atom. The van der Waals surface area contributed by atoms with Gasteiger partial charge in [0.25, 0.3) is 11.8 Å². The van der Waals surface area contributed by atoms with E-state index in [1.54, 1.807) is 60.7 Å². The number of anilines is 1. The molecule has 202 valence electrons. The molecule has 10 heteroatoms. The van der Waals surface area contributed by atoms with Gasteiger partial charge in [-0.1, -0.05) is 42.3 Å². The fourth-order valence-electron chi connectivity index (χ4n) is 3.76. The molecule has 3 aromatic rings. The predicted octanol–water partition coefficient (Wildman–Crippen LogP) is 6.43. The summed E-state index contributed by atoms with van der Waals surface area (Å²) >= 11 is 12.1. The van der Waals surface area contributed by atoms with E-state index in [-0.39, 0.29) is 17.9 Å². The molecule has 0 unspecified atom stereocenters. The maximum atomic E-state index is 13.3. The first-order valence-electron chi connectivity index (χ1n) is 12.3. The molecule has 8 nitrogen and oxygen atoms in total. The zero-order valence-electron chi connectivity index (χ0n) is 21.3. The van der Waals surface area contributed by atoms with Crippen molar-refractivity contribution in [3.63, 3.8) is 0 Å². The van der Waals surface area contributed by atoms with Crippen LogP contribution in [-0.2, 0) is 16.2 Å². The van der Waals surface area contributed by atoms with Crippen LogP contribution < -0.4 is 24.4 Å². The Morgan fingerprint density at radius 2 is 1.64 bits per heavy atom. The summed E-state index contributed by atoms with van der Waals surface area (Å²) in [4.78, 5) is 39.4. The molecule has 0 bridgehead atoms. The highest BCUT2D eigenvalue weighted by Crippen LogP contribution is 2.31. The molecule has 4 amide bonds. The maximum absolute atomic E-state index is 13.3. The van der Waals surface area contributed by atoms with Crippen LogP contribution in [0.1, 0.15) is 31.4 Å². The first kappa shape index (κ1) is 28.0. The number of nitrogens with zero attached hydrogens (tertiary/aromatic N) is 1. The van der Waals surface area contributed by atoms with Gasteiger partial charge in [-0.25, -0.2) is 9.69 Å². The predicted molar refractivity (Wildman–Crippen MR) is 150 cm³/mol. The largest absolute Gasteiger partial charge is 0.490 e. The third kappa shape index (κ3) is 6.71. The number of imide groups is 2. The van der Waals surface area contributed by atoms with Gasteiger partial charge >= 0.3 is 6.03 Å². The van der Waals surface area contributed by atoms with Crippen molar-refractivity contribution < 1.29 is 28.6 Å². The van der Waals surface area contributed by atoms with Gasteiger partial charge in [0, 0.05) is 15.6 Å². The summed E-state index contributed by atoms with van der Waals surface area (Å²) in [6.07, 6.45) is 2.25. The standard InChI is InChI=1S/C29H26Cl2N2O6/c1-3-13-38-25-12-5-18(15-26(25)37-4-2)14-23-27(34)32-29(36)33(28(23)35)21-8-10-22(11-9-21)39-17-19-6-7-20(30)16-24(19)31/h5-12,14-16H,3-4,13,17H2,1-2H3,(H,32,34,36)/b23-14+. The lowest BCUT2D eigenvalue weighted by atomic mass is 10.1. The normalized spacial score (nSPS) is 14.4. The van der Waals surface area contributed by atoms with Crippen molar-refractivity contribution in [1.29, 1.82) is 0 Å². The highest BCUT2D eigenvalue weighted by Gasteiger charge is 2.36. The van der Waals surface area contributed by atoms with Crippen LogP contribution in [0.5, 0.6) is 17.2 Å². The number of amides is 4. The minimum atomic E-state index is -0.845. The molecule has 1 aliphatic rings. The average Bonchev–Trinajstić information content (AvgIpc) is 2.91. The third-order valence-corrected chi connectivity index (χ3v) is 6.23. The highest BCUT2D eigenvalue weighted by atomic mass is 35.5. The van der Waals surface area contributed by atoms with E-state index in [1.807, 2.05) is 13.8 Å². The smallest absolute Gasteiger partial charge is 0.335 e. The van der Waals surface area contributed by atoms with Gasteiger partial charge in [0.15, 0.2) is 11.5 Å². The number of hydrogen-bond donors (Lipinski definition) is 1. The number of carbonyl (C=O) groups is 3. The lowest BCUT2D eigenvalue weighted by Gasteiger charge is -2.26. The second kappa shape index (κ2) is 12.7. The molecule has 0 spiro atoms. The fourth-order valence-corrected chi connectivity index (χ4v) is 4.23. The van der Waals surface area contributed by atoms with Crippen LogP contribution in [-0.4, -0.2) is 31.1 Å². The van der Waals surface area contributed by atoms with E-state index >= 15 is 0 Å². The van der Waals surface area contributed by atoms with Gasteiger partial charge in [-0.05, 0) is 73.5 Å². The lowest BCUT2D eigenvalue weighted by Crippen LogP contribution is -2.54. The molecule has 0 saturated carbocycles. The third-order valence-electron chi connectivity index (χ3n) is 5.65. The molecule has 0 atom stereocenters. The van der Waals surface area contributed by atoms with Crippen LogP contribution in [0.2, 0.25) is 10.0 Å². The van der Waals surface area contributed by atoms with Crippen molar-refractivity contribution >= 4 is 52.8 Å². The van der Waals surface area contributed by atoms with Crippen LogP contribution in [0.4, 0.5) is 10.5 Å². The summed E-state index contributed by atoms with van der Waals surface area (Å²) < 4.78 is 17.1. The molecule has 1 heterocycles. The Balaban J connectivity index is 1.53. The van der Waals surface area contributed by atoms with Crippen molar-refractivity contribution in [2.75, 3.05) is 18.1 Å². The van der Waals surface area contributed by atoms with Crippen molar-refractivity contribution in [2.24, 2.45) is 0 Å². The second-order valence-corrected chi connectivity index (χ2v) is 9.31. The van der Waals surface area contributed by atoms with Crippen LogP contribution in [0.3, 0.4) is 0 Å². The van der Waals surface area contributed by atoms with Crippen molar-refractivity contribution in [3.8, 4) is 17.2 Å². The van der Waals surface area contributed by atoms with Gasteiger partial charge < -0.3 is 14.2 Å². The molecule has 4 rings (SSSR count). The first-order valence-corrected chi connectivity index (χ1v) is 13.0. The molecule has 0 radical (unpaired) electrons. The van der Waals surface area contributed by atoms with Gasteiger partial charge in [-0.2, -0.15) is 0 Å². The van der Waals surface area contributed by atoms with Crippen LogP contribution in [0.25, 0.3) is 6.08 Å². The van der Waals surface area contributed by atoms with Crippen molar-refractivity contribution in [3.05, 3.63) is 87.4 Å². The van der Waals surface area contributed by atoms with E-state index < -0.39 is 17.8 Å². The maximum Gasteiger partial charge on any atom is 0.335 e. The van der Waals surface area contributed by atoms with E-state index in [1.165, 1.54) is 6.08 Å². The van der Waals surface area contributed by atoms with E-state index in [2.05, 4.69) is 5.32 Å². The van der Waals surface area contributed by atoms with Gasteiger partial charge in [0.05, 0.1) is 18.9 Å². The number of carbonyl (C=O) groups excluding carboxylic acids is 3. The summed E-state index contributed by atoms with van der Waals surface area (Å²) in [5, 5.41) is 3.23. The Hall–Kier alpha value is -4.01. The number of urea groups is 1. The number of rotatable bonds is 10. The Morgan fingerprint density at radius 3 is 2.33 bits per heavy atom. The molecule has 1 aliphatic heterocycles. The van der Waals surface area contributed by atoms with E-state index in [9.17, 15) is 14.4 Å². The summed E-state index contributed by atoms with van der Waals surface area (Å²) in [7, 11) is 0. The molecule has 0 aromatic heterocycles.